The van der Waals surface area contributed by atoms with Gasteiger partial charge in [-0.25, -0.2) is 4.79 Å². The molecule has 190 valence electrons. The first-order valence-electron chi connectivity index (χ1n) is 13.2. The minimum Gasteiger partial charge on any atom is -0.496 e. The fourth-order valence-electron chi connectivity index (χ4n) is 8.12. The Balaban J connectivity index is 1.29. The van der Waals surface area contributed by atoms with Gasteiger partial charge in [-0.2, -0.15) is 0 Å². The van der Waals surface area contributed by atoms with E-state index in [0.29, 0.717) is 17.8 Å². The van der Waals surface area contributed by atoms with Crippen molar-refractivity contribution in [1.82, 2.24) is 10.6 Å². The monoisotopic (exact) mass is 480 g/mol. The molecule has 0 aromatic heterocycles. The molecule has 0 bridgehead atoms. The third-order valence-corrected chi connectivity index (χ3v) is 10.0. The number of fused-ring (bicyclic) bond motifs is 5. The highest BCUT2D eigenvalue weighted by molar-refractivity contribution is 5.89. The summed E-state index contributed by atoms with van der Waals surface area (Å²) < 4.78 is 11.7. The Labute approximate surface area is 209 Å². The summed E-state index contributed by atoms with van der Waals surface area (Å²) in [4.78, 5) is 25.1. The van der Waals surface area contributed by atoms with E-state index in [9.17, 15) is 9.59 Å². The molecule has 1 aromatic rings. The maximum absolute atomic E-state index is 13.1. The zero-order valence-electron chi connectivity index (χ0n) is 21.7. The van der Waals surface area contributed by atoms with Gasteiger partial charge in [0, 0.05) is 22.4 Å². The average molecular weight is 481 g/mol. The second-order valence-corrected chi connectivity index (χ2v) is 12.2. The minimum atomic E-state index is -0.620. The second kappa shape index (κ2) is 8.56. The van der Waals surface area contributed by atoms with Crippen LogP contribution in [0.2, 0.25) is 0 Å². The number of rotatable bonds is 4. The SMILES string of the molecule is COc1ccccc1C(C)(C)NC(=O)O[C@H]1CC[C@H]2[C@@H]3CC[C@H]4NC(=O)C=C[C@]4(C)[C@H]3CC[C@]12C. The number of hydrogen-bond acceptors (Lipinski definition) is 4. The number of alkyl carbamates (subject to hydrolysis) is 1. The van der Waals surface area contributed by atoms with E-state index >= 15 is 0 Å². The smallest absolute Gasteiger partial charge is 0.408 e. The summed E-state index contributed by atoms with van der Waals surface area (Å²) in [6.45, 7) is 8.64. The molecule has 6 heteroatoms. The Kier molecular flexibility index (Phi) is 5.92. The van der Waals surface area contributed by atoms with Gasteiger partial charge in [-0.3, -0.25) is 4.79 Å². The molecule has 7 atom stereocenters. The molecule has 3 saturated carbocycles. The molecule has 1 aliphatic heterocycles. The number of para-hydroxylation sites is 1. The highest BCUT2D eigenvalue weighted by Gasteiger charge is 2.60. The number of hydrogen-bond donors (Lipinski definition) is 2. The van der Waals surface area contributed by atoms with Gasteiger partial charge in [0.1, 0.15) is 11.9 Å². The first kappa shape index (κ1) is 24.2. The number of amides is 2. The molecule has 0 spiro atoms. The topological polar surface area (TPSA) is 76.7 Å². The molecule has 2 amide bonds. The van der Waals surface area contributed by atoms with Crippen LogP contribution in [0.5, 0.6) is 5.75 Å². The zero-order valence-corrected chi connectivity index (χ0v) is 21.7. The van der Waals surface area contributed by atoms with E-state index in [2.05, 4.69) is 30.6 Å². The largest absolute Gasteiger partial charge is 0.496 e. The van der Waals surface area contributed by atoms with Gasteiger partial charge < -0.3 is 20.1 Å². The molecular weight excluding hydrogens is 440 g/mol. The summed E-state index contributed by atoms with van der Waals surface area (Å²) in [7, 11) is 1.65. The Bertz CT molecular complexity index is 1040. The Morgan fingerprint density at radius 1 is 1.09 bits per heavy atom. The van der Waals surface area contributed by atoms with Crippen LogP contribution in [0.4, 0.5) is 4.79 Å². The summed E-state index contributed by atoms with van der Waals surface area (Å²) in [5, 5.41) is 6.33. The van der Waals surface area contributed by atoms with E-state index in [1.165, 1.54) is 0 Å². The Morgan fingerprint density at radius 3 is 2.63 bits per heavy atom. The third-order valence-electron chi connectivity index (χ3n) is 10.0. The number of carbonyl (C=O) groups excluding carboxylic acids is 2. The zero-order chi connectivity index (χ0) is 25.0. The van der Waals surface area contributed by atoms with Gasteiger partial charge in [-0.1, -0.05) is 38.1 Å². The van der Waals surface area contributed by atoms with Crippen molar-refractivity contribution in [3.05, 3.63) is 42.0 Å². The van der Waals surface area contributed by atoms with Crippen LogP contribution in [0.3, 0.4) is 0 Å². The average Bonchev–Trinajstić information content (AvgIpc) is 3.15. The first-order valence-corrected chi connectivity index (χ1v) is 13.2. The first-order chi connectivity index (χ1) is 16.6. The van der Waals surface area contributed by atoms with Crippen molar-refractivity contribution < 1.29 is 19.1 Å². The van der Waals surface area contributed by atoms with Crippen LogP contribution in [0.1, 0.15) is 71.8 Å². The second-order valence-electron chi connectivity index (χ2n) is 12.2. The van der Waals surface area contributed by atoms with Crippen molar-refractivity contribution in [2.45, 2.75) is 83.9 Å². The van der Waals surface area contributed by atoms with Crippen LogP contribution in [0.15, 0.2) is 36.4 Å². The lowest BCUT2D eigenvalue weighted by molar-refractivity contribution is -0.123. The molecule has 4 aliphatic rings. The number of methoxy groups -OCH3 is 1. The summed E-state index contributed by atoms with van der Waals surface area (Å²) in [5.41, 5.74) is 0.323. The summed E-state index contributed by atoms with van der Waals surface area (Å²) in [6.07, 6.45) is 9.83. The molecule has 2 N–H and O–H groups in total. The predicted octanol–water partition coefficient (Wildman–Crippen LogP) is 5.32. The molecule has 1 aromatic carbocycles. The van der Waals surface area contributed by atoms with Crippen LogP contribution < -0.4 is 15.4 Å². The van der Waals surface area contributed by atoms with E-state index in [1.54, 1.807) is 13.2 Å². The maximum Gasteiger partial charge on any atom is 0.408 e. The number of benzene rings is 1. The molecule has 6 nitrogen and oxygen atoms in total. The standard InChI is InChI=1S/C29H40N2O4/c1-27(2,21-8-6-7-9-22(21)34-5)31-26(33)35-24-13-11-19-18-10-12-23-28(3,17-15-25(32)30-23)20(18)14-16-29(19,24)4/h6-9,15,17-20,23-24H,10-14,16H2,1-5H3,(H,30,32)(H,31,33)/t18-,19-,20-,23+,24-,28+,29-/m0/s1. The van der Waals surface area contributed by atoms with Crippen LogP contribution >= 0.6 is 0 Å². The lowest BCUT2D eigenvalue weighted by atomic mass is 9.48. The molecule has 0 radical (unpaired) electrons. The van der Waals surface area contributed by atoms with E-state index in [4.69, 9.17) is 9.47 Å². The molecule has 0 unspecified atom stereocenters. The molecular formula is C29H40N2O4. The number of carbonyl (C=O) groups is 2. The lowest BCUT2D eigenvalue weighted by Crippen LogP contribution is -2.59. The maximum atomic E-state index is 13.1. The highest BCUT2D eigenvalue weighted by atomic mass is 16.6. The molecule has 0 saturated heterocycles. The molecule has 3 fully saturated rings. The Morgan fingerprint density at radius 2 is 1.86 bits per heavy atom. The fraction of sp³-hybridized carbons (Fsp3) is 0.655. The van der Waals surface area contributed by atoms with E-state index < -0.39 is 5.54 Å². The molecule has 1 heterocycles. The van der Waals surface area contributed by atoms with E-state index in [0.717, 1.165) is 49.8 Å². The third kappa shape index (κ3) is 3.93. The van der Waals surface area contributed by atoms with Gasteiger partial charge in [0.25, 0.3) is 0 Å². The van der Waals surface area contributed by atoms with Gasteiger partial charge in [-0.15, -0.1) is 0 Å². The van der Waals surface area contributed by atoms with Gasteiger partial charge in [-0.05, 0) is 82.3 Å². The van der Waals surface area contributed by atoms with Crippen LogP contribution in [-0.2, 0) is 15.1 Å². The van der Waals surface area contributed by atoms with Crippen LogP contribution in [-0.4, -0.2) is 31.3 Å². The van der Waals surface area contributed by atoms with Crippen molar-refractivity contribution in [2.75, 3.05) is 7.11 Å². The van der Waals surface area contributed by atoms with Gasteiger partial charge in [0.05, 0.1) is 12.6 Å². The van der Waals surface area contributed by atoms with Gasteiger partial charge >= 0.3 is 6.09 Å². The van der Waals surface area contributed by atoms with Crippen LogP contribution in [0.25, 0.3) is 0 Å². The van der Waals surface area contributed by atoms with E-state index in [1.807, 2.05) is 38.1 Å². The fourth-order valence-corrected chi connectivity index (χ4v) is 8.12. The quantitative estimate of drug-likeness (QED) is 0.611. The van der Waals surface area contributed by atoms with Crippen molar-refractivity contribution in [3.8, 4) is 5.75 Å². The van der Waals surface area contributed by atoms with E-state index in [-0.39, 0.29) is 35.0 Å². The van der Waals surface area contributed by atoms with Crippen molar-refractivity contribution >= 4 is 12.0 Å². The molecule has 5 rings (SSSR count). The predicted molar refractivity (Wildman–Crippen MR) is 135 cm³/mol. The molecule has 35 heavy (non-hydrogen) atoms. The minimum absolute atomic E-state index is 0.00207. The van der Waals surface area contributed by atoms with Crippen LogP contribution in [0, 0.1) is 28.6 Å². The summed E-state index contributed by atoms with van der Waals surface area (Å²) >= 11 is 0. The number of nitrogens with one attached hydrogen (secondary N) is 2. The molecule has 3 aliphatic carbocycles. The number of ether oxygens (including phenoxy) is 2. The summed E-state index contributed by atoms with van der Waals surface area (Å²) in [6, 6.07) is 8.01. The Hall–Kier alpha value is -2.50. The summed E-state index contributed by atoms with van der Waals surface area (Å²) in [5.74, 6) is 2.51. The van der Waals surface area contributed by atoms with Gasteiger partial charge in [0.15, 0.2) is 0 Å². The lowest BCUT2D eigenvalue weighted by Gasteiger charge is -2.58. The van der Waals surface area contributed by atoms with Crippen molar-refractivity contribution in [2.24, 2.45) is 28.6 Å². The van der Waals surface area contributed by atoms with Crippen molar-refractivity contribution in [3.63, 3.8) is 0 Å². The normalized spacial score (nSPS) is 38.0. The highest BCUT2D eigenvalue weighted by Crippen LogP contribution is 2.63. The van der Waals surface area contributed by atoms with Gasteiger partial charge in [0.2, 0.25) is 5.91 Å². The van der Waals surface area contributed by atoms with Crippen molar-refractivity contribution in [1.29, 1.82) is 0 Å².